The van der Waals surface area contributed by atoms with Gasteiger partial charge in [0.2, 0.25) is 0 Å². The minimum atomic E-state index is -3.83. The van der Waals surface area contributed by atoms with E-state index in [1.165, 1.54) is 42.2 Å². The zero-order valence-electron chi connectivity index (χ0n) is 11.8. The molecule has 2 aromatic rings. The number of hydrogen-bond acceptors (Lipinski definition) is 4. The van der Waals surface area contributed by atoms with Crippen LogP contribution in [0, 0.1) is 5.82 Å². The summed E-state index contributed by atoms with van der Waals surface area (Å²) in [5.41, 5.74) is 6.05. The van der Waals surface area contributed by atoms with Crippen LogP contribution in [0.5, 0.6) is 0 Å². The first-order valence-electron chi connectivity index (χ1n) is 6.43. The summed E-state index contributed by atoms with van der Waals surface area (Å²) in [6, 6.07) is 5.18. The molecule has 0 fully saturated rings. The average Bonchev–Trinajstić information content (AvgIpc) is 2.81. The normalized spacial score (nSPS) is 11.6. The second kappa shape index (κ2) is 5.72. The zero-order chi connectivity index (χ0) is 15.6. The Hall–Kier alpha value is -2.09. The Morgan fingerprint density at radius 1 is 1.33 bits per heavy atom. The second-order valence-electron chi connectivity index (χ2n) is 4.59. The van der Waals surface area contributed by atoms with E-state index in [0.717, 1.165) is 10.7 Å². The Morgan fingerprint density at radius 3 is 2.52 bits per heavy atom. The van der Waals surface area contributed by atoms with Gasteiger partial charge >= 0.3 is 0 Å². The van der Waals surface area contributed by atoms with Crippen LogP contribution in [0.3, 0.4) is 0 Å². The van der Waals surface area contributed by atoms with Crippen molar-refractivity contribution in [2.45, 2.75) is 24.8 Å². The lowest BCUT2D eigenvalue weighted by atomic mass is 10.3. The van der Waals surface area contributed by atoms with Crippen LogP contribution in [-0.2, 0) is 16.6 Å². The number of nitrogen functional groups attached to an aromatic ring is 1. The minimum Gasteiger partial charge on any atom is -0.381 e. The van der Waals surface area contributed by atoms with Crippen LogP contribution in [0.2, 0.25) is 0 Å². The number of nitrogens with two attached hydrogens (primary N) is 1. The van der Waals surface area contributed by atoms with Crippen molar-refractivity contribution in [3.05, 3.63) is 36.3 Å². The molecule has 0 aliphatic rings. The molecule has 0 aliphatic carbocycles. The maximum Gasteiger partial charge on any atom is 0.269 e. The van der Waals surface area contributed by atoms with Gasteiger partial charge < -0.3 is 5.73 Å². The zero-order valence-corrected chi connectivity index (χ0v) is 12.6. The maximum absolute atomic E-state index is 12.9. The van der Waals surface area contributed by atoms with E-state index >= 15 is 0 Å². The van der Waals surface area contributed by atoms with Crippen LogP contribution in [0.4, 0.5) is 15.9 Å². The molecule has 0 spiro atoms. The van der Waals surface area contributed by atoms with Crippen LogP contribution in [-0.4, -0.2) is 25.2 Å². The third-order valence-electron chi connectivity index (χ3n) is 3.04. The molecule has 6 nitrogen and oxygen atoms in total. The molecule has 0 amide bonds. The van der Waals surface area contributed by atoms with Gasteiger partial charge in [0.15, 0.2) is 5.82 Å². The van der Waals surface area contributed by atoms with Gasteiger partial charge in [-0.15, -0.1) is 0 Å². The molecular weight excluding hydrogens is 295 g/mol. The summed E-state index contributed by atoms with van der Waals surface area (Å²) in [7, 11) is -2.44. The first-order chi connectivity index (χ1) is 9.86. The van der Waals surface area contributed by atoms with Gasteiger partial charge in [0.05, 0.1) is 5.69 Å². The topological polar surface area (TPSA) is 81.2 Å². The van der Waals surface area contributed by atoms with Crippen LogP contribution in [0.25, 0.3) is 0 Å². The smallest absolute Gasteiger partial charge is 0.269 e. The van der Waals surface area contributed by atoms with E-state index in [1.54, 1.807) is 0 Å². The molecule has 1 heterocycles. The fourth-order valence-electron chi connectivity index (χ4n) is 1.90. The van der Waals surface area contributed by atoms with E-state index in [9.17, 15) is 12.8 Å². The highest BCUT2D eigenvalue weighted by Gasteiger charge is 2.26. The third kappa shape index (κ3) is 2.99. The maximum atomic E-state index is 12.9. The first-order valence-corrected chi connectivity index (χ1v) is 7.87. The highest BCUT2D eigenvalue weighted by molar-refractivity contribution is 7.93. The van der Waals surface area contributed by atoms with Crippen molar-refractivity contribution in [3.8, 4) is 0 Å². The molecule has 1 aromatic heterocycles. The van der Waals surface area contributed by atoms with Crippen molar-refractivity contribution in [1.82, 2.24) is 9.78 Å². The number of aryl methyl sites for hydroxylation is 1. The van der Waals surface area contributed by atoms with Gasteiger partial charge in [-0.25, -0.2) is 12.8 Å². The van der Waals surface area contributed by atoms with E-state index in [2.05, 4.69) is 5.10 Å². The van der Waals surface area contributed by atoms with Gasteiger partial charge in [0.25, 0.3) is 10.0 Å². The fraction of sp³-hybridized carbons (Fsp3) is 0.308. The summed E-state index contributed by atoms with van der Waals surface area (Å²) < 4.78 is 40.6. The largest absolute Gasteiger partial charge is 0.381 e. The monoisotopic (exact) mass is 312 g/mol. The number of aromatic nitrogens is 2. The van der Waals surface area contributed by atoms with Crippen LogP contribution >= 0.6 is 0 Å². The van der Waals surface area contributed by atoms with Gasteiger partial charge in [-0.05, 0) is 30.7 Å². The number of hydrogen-bond donors (Lipinski definition) is 1. The molecule has 0 bridgehead atoms. The molecule has 21 heavy (non-hydrogen) atoms. The van der Waals surface area contributed by atoms with Gasteiger partial charge in [0, 0.05) is 19.8 Å². The average molecular weight is 312 g/mol. The second-order valence-corrected chi connectivity index (χ2v) is 6.53. The van der Waals surface area contributed by atoms with E-state index in [1.807, 2.05) is 6.92 Å². The van der Waals surface area contributed by atoms with Crippen molar-refractivity contribution < 1.29 is 12.8 Å². The molecular formula is C13H17FN4O2S. The molecule has 1 aromatic carbocycles. The Morgan fingerprint density at radius 2 is 1.95 bits per heavy atom. The Bertz CT molecular complexity index is 725. The number of nitrogens with zero attached hydrogens (tertiary/aromatic N) is 3. The molecule has 0 aliphatic heterocycles. The van der Waals surface area contributed by atoms with Gasteiger partial charge in [0.1, 0.15) is 10.7 Å². The van der Waals surface area contributed by atoms with Crippen molar-refractivity contribution in [1.29, 1.82) is 0 Å². The van der Waals surface area contributed by atoms with Crippen LogP contribution in [0.1, 0.15) is 13.3 Å². The summed E-state index contributed by atoms with van der Waals surface area (Å²) in [6.45, 7) is 2.54. The molecule has 0 atom stereocenters. The van der Waals surface area contributed by atoms with Crippen molar-refractivity contribution in [2.75, 3.05) is 17.1 Å². The van der Waals surface area contributed by atoms with Gasteiger partial charge in [-0.3, -0.25) is 8.99 Å². The fourth-order valence-corrected chi connectivity index (χ4v) is 3.15. The summed E-state index contributed by atoms with van der Waals surface area (Å²) >= 11 is 0. The highest BCUT2D eigenvalue weighted by atomic mass is 32.2. The van der Waals surface area contributed by atoms with Crippen molar-refractivity contribution in [3.63, 3.8) is 0 Å². The highest BCUT2D eigenvalue weighted by Crippen LogP contribution is 2.25. The Balaban J connectivity index is 2.39. The number of benzene rings is 1. The lowest BCUT2D eigenvalue weighted by Gasteiger charge is -2.18. The quantitative estimate of drug-likeness (QED) is 0.913. The predicted octanol–water partition coefficient (Wildman–Crippen LogP) is 1.84. The number of sulfonamides is 1. The van der Waals surface area contributed by atoms with Gasteiger partial charge in [-0.2, -0.15) is 5.10 Å². The Kier molecular flexibility index (Phi) is 4.17. The lowest BCUT2D eigenvalue weighted by Crippen LogP contribution is -2.26. The van der Waals surface area contributed by atoms with Gasteiger partial charge in [-0.1, -0.05) is 6.92 Å². The van der Waals surface area contributed by atoms with E-state index < -0.39 is 15.8 Å². The first kappa shape index (κ1) is 15.3. The molecule has 2 N–H and O–H groups in total. The number of halogens is 1. The van der Waals surface area contributed by atoms with Crippen LogP contribution < -0.4 is 10.0 Å². The molecule has 0 saturated carbocycles. The molecule has 2 rings (SSSR count). The predicted molar refractivity (Wildman–Crippen MR) is 78.9 cm³/mol. The van der Waals surface area contributed by atoms with Crippen molar-refractivity contribution >= 4 is 21.5 Å². The van der Waals surface area contributed by atoms with E-state index in [-0.39, 0.29) is 10.7 Å². The van der Waals surface area contributed by atoms with E-state index in [0.29, 0.717) is 12.2 Å². The number of rotatable bonds is 5. The molecule has 114 valence electrons. The standard InChI is InChI=1S/C13H17FN4O2S/c1-3-8-18-9-12(13(15)16-18)21(19,20)17(2)11-6-4-10(14)5-7-11/h4-7,9H,3,8H2,1-2H3,(H2,15,16). The SMILES string of the molecule is CCCn1cc(S(=O)(=O)N(C)c2ccc(F)cc2)c(N)n1. The third-order valence-corrected chi connectivity index (χ3v) is 4.84. The summed E-state index contributed by atoms with van der Waals surface area (Å²) in [4.78, 5) is -0.0530. The van der Waals surface area contributed by atoms with Crippen molar-refractivity contribution in [2.24, 2.45) is 0 Å². The molecule has 0 radical (unpaired) electrons. The molecule has 0 saturated heterocycles. The summed E-state index contributed by atoms with van der Waals surface area (Å²) in [5.74, 6) is -0.475. The minimum absolute atomic E-state index is 0.0441. The summed E-state index contributed by atoms with van der Waals surface area (Å²) in [5, 5.41) is 3.99. The summed E-state index contributed by atoms with van der Waals surface area (Å²) in [6.07, 6.45) is 2.22. The molecule has 8 heteroatoms. The van der Waals surface area contributed by atoms with E-state index in [4.69, 9.17) is 5.73 Å². The Labute approximate surface area is 123 Å². The number of anilines is 2. The lowest BCUT2D eigenvalue weighted by molar-refractivity contribution is 0.590. The van der Waals surface area contributed by atoms with Crippen LogP contribution in [0.15, 0.2) is 35.4 Å². The molecule has 0 unspecified atom stereocenters.